The molecule has 7 rings (SSSR count). The Balaban J connectivity index is 1.07. The Morgan fingerprint density at radius 1 is 0.980 bits per heavy atom. The van der Waals surface area contributed by atoms with E-state index in [4.69, 9.17) is 21.4 Å². The monoisotopic (exact) mass is 722 g/mol. The van der Waals surface area contributed by atoms with Gasteiger partial charge in [0.1, 0.15) is 11.6 Å². The molecule has 1 saturated heterocycles. The van der Waals surface area contributed by atoms with E-state index in [0.717, 1.165) is 59.6 Å². The first kappa shape index (κ1) is 34.6. The number of carbonyl (C=O) groups is 1. The number of phenols is 1. The van der Waals surface area contributed by atoms with Crippen molar-refractivity contribution in [1.29, 1.82) is 0 Å². The van der Waals surface area contributed by atoms with E-state index in [1.165, 1.54) is 5.56 Å². The highest BCUT2D eigenvalue weighted by atomic mass is 35.5. The van der Waals surface area contributed by atoms with Gasteiger partial charge in [-0.2, -0.15) is 5.10 Å². The van der Waals surface area contributed by atoms with Gasteiger partial charge in [0.15, 0.2) is 11.5 Å². The smallest absolute Gasteiger partial charge is 0.320 e. The van der Waals surface area contributed by atoms with Gasteiger partial charge in [0, 0.05) is 58.7 Å². The van der Waals surface area contributed by atoms with Crippen LogP contribution in [0.1, 0.15) is 37.6 Å². The first-order valence-corrected chi connectivity index (χ1v) is 17.9. The van der Waals surface area contributed by atoms with Crippen LogP contribution >= 0.6 is 23.4 Å². The van der Waals surface area contributed by atoms with Crippen LogP contribution in [0.25, 0.3) is 22.7 Å². The number of hydrogen-bond donors (Lipinski definition) is 3. The van der Waals surface area contributed by atoms with Gasteiger partial charge in [-0.1, -0.05) is 74.5 Å². The lowest BCUT2D eigenvalue weighted by atomic mass is 9.92. The third-order valence-corrected chi connectivity index (χ3v) is 9.93. The molecular formula is C38H39ClN8O3S. The Bertz CT molecular complexity index is 2190. The van der Waals surface area contributed by atoms with Crippen LogP contribution in [0.4, 0.5) is 10.6 Å². The zero-order valence-electron chi connectivity index (χ0n) is 28.6. The van der Waals surface area contributed by atoms with E-state index in [1.807, 2.05) is 69.9 Å². The van der Waals surface area contributed by atoms with E-state index < -0.39 is 0 Å². The van der Waals surface area contributed by atoms with Crippen molar-refractivity contribution >= 4 is 40.9 Å². The van der Waals surface area contributed by atoms with Gasteiger partial charge in [-0.25, -0.2) is 9.48 Å². The molecule has 4 heterocycles. The molecule has 1 fully saturated rings. The number of carbonyl (C=O) groups excluding carboxylic acids is 1. The molecule has 0 aliphatic carbocycles. The number of morpholine rings is 1. The van der Waals surface area contributed by atoms with Gasteiger partial charge in [-0.3, -0.25) is 14.6 Å². The van der Waals surface area contributed by atoms with Crippen molar-refractivity contribution in [2.75, 3.05) is 31.6 Å². The molecule has 0 unspecified atom stereocenters. The predicted octanol–water partition coefficient (Wildman–Crippen LogP) is 7.54. The van der Waals surface area contributed by atoms with Crippen LogP contribution in [0.2, 0.25) is 5.02 Å². The maximum atomic E-state index is 13.4. The van der Waals surface area contributed by atoms with Gasteiger partial charge in [-0.15, -0.1) is 10.2 Å². The second-order valence-corrected chi connectivity index (χ2v) is 15.0. The van der Waals surface area contributed by atoms with Gasteiger partial charge >= 0.3 is 6.03 Å². The molecule has 1 aliphatic rings. The van der Waals surface area contributed by atoms with E-state index in [0.29, 0.717) is 34.4 Å². The van der Waals surface area contributed by atoms with Crippen molar-refractivity contribution in [2.24, 2.45) is 0 Å². The summed E-state index contributed by atoms with van der Waals surface area (Å²) in [4.78, 5) is 17.7. The molecule has 0 bridgehead atoms. The second-order valence-electron chi connectivity index (χ2n) is 13.4. The lowest BCUT2D eigenvalue weighted by molar-refractivity contribution is 0.0342. The summed E-state index contributed by atoms with van der Waals surface area (Å²) in [5, 5.41) is 30.6. The molecule has 262 valence electrons. The van der Waals surface area contributed by atoms with Crippen LogP contribution < -0.4 is 10.6 Å². The van der Waals surface area contributed by atoms with Crippen molar-refractivity contribution < 1.29 is 14.6 Å². The number of nitrogens with zero attached hydrogens (tertiary/aromatic N) is 6. The number of anilines is 1. The molecule has 3 aromatic carbocycles. The Hall–Kier alpha value is -4.88. The number of benzene rings is 3. The van der Waals surface area contributed by atoms with Gasteiger partial charge in [0.05, 0.1) is 30.2 Å². The highest BCUT2D eigenvalue weighted by molar-refractivity contribution is 7.99. The van der Waals surface area contributed by atoms with Gasteiger partial charge in [-0.05, 0) is 59.7 Å². The zero-order valence-corrected chi connectivity index (χ0v) is 30.2. The molecule has 6 aromatic rings. The van der Waals surface area contributed by atoms with Crippen LogP contribution in [0.15, 0.2) is 101 Å². The Kier molecular flexibility index (Phi) is 10.0. The number of halogens is 1. The molecule has 1 aliphatic heterocycles. The molecular weight excluding hydrogens is 684 g/mol. The summed E-state index contributed by atoms with van der Waals surface area (Å²) >= 11 is 7.77. The molecule has 0 spiro atoms. The average molecular weight is 723 g/mol. The normalized spacial score (nSPS) is 13.8. The first-order chi connectivity index (χ1) is 24.6. The van der Waals surface area contributed by atoms with Crippen LogP contribution in [0, 0.1) is 0 Å². The first-order valence-electron chi connectivity index (χ1n) is 16.7. The minimum atomic E-state index is -0.335. The lowest BCUT2D eigenvalue weighted by Gasteiger charge is -2.26. The van der Waals surface area contributed by atoms with Crippen molar-refractivity contribution in [2.45, 2.75) is 49.1 Å². The predicted molar refractivity (Wildman–Crippen MR) is 200 cm³/mol. The number of fused-ring (bicyclic) bond motifs is 1. The highest BCUT2D eigenvalue weighted by Gasteiger charge is 2.22. The van der Waals surface area contributed by atoms with E-state index >= 15 is 0 Å². The third kappa shape index (κ3) is 8.04. The van der Waals surface area contributed by atoms with Crippen LogP contribution in [0.5, 0.6) is 5.75 Å². The maximum absolute atomic E-state index is 13.4. The van der Waals surface area contributed by atoms with E-state index in [-0.39, 0.29) is 17.2 Å². The molecule has 51 heavy (non-hydrogen) atoms. The van der Waals surface area contributed by atoms with Crippen LogP contribution in [0.3, 0.4) is 0 Å². The number of phenolic OH excluding ortho intramolecular Hbond substituents is 1. The van der Waals surface area contributed by atoms with Crippen LogP contribution in [-0.4, -0.2) is 66.7 Å². The minimum Gasteiger partial charge on any atom is -0.507 e. The number of aromatic nitrogens is 5. The SMILES string of the molecule is CC(C)(C)c1cc(NC(=O)NCc2ccccc2Sc2ccc3nnc(-c4cc(Cl)ccc4O)n3c2)n(-c2cccc(CN3CCOCC3)c2)n1. The van der Waals surface area contributed by atoms with E-state index in [2.05, 4.69) is 58.6 Å². The molecule has 0 atom stereocenters. The molecule has 0 saturated carbocycles. The summed E-state index contributed by atoms with van der Waals surface area (Å²) in [6.07, 6.45) is 1.93. The fraction of sp³-hybridized carbons (Fsp3) is 0.263. The van der Waals surface area contributed by atoms with Crippen molar-refractivity contribution in [3.05, 3.63) is 113 Å². The summed E-state index contributed by atoms with van der Waals surface area (Å²) < 4.78 is 9.16. The molecule has 13 heteroatoms. The summed E-state index contributed by atoms with van der Waals surface area (Å²) in [7, 11) is 0. The number of pyridine rings is 1. The quantitative estimate of drug-likeness (QED) is 0.140. The number of rotatable bonds is 9. The summed E-state index contributed by atoms with van der Waals surface area (Å²) in [6.45, 7) is 10.8. The van der Waals surface area contributed by atoms with E-state index in [1.54, 1.807) is 30.0 Å². The number of aromatic hydroxyl groups is 1. The number of nitrogens with one attached hydrogen (secondary N) is 2. The van der Waals surface area contributed by atoms with Gasteiger partial charge in [0.25, 0.3) is 0 Å². The van der Waals surface area contributed by atoms with Crippen LogP contribution in [-0.2, 0) is 23.2 Å². The van der Waals surface area contributed by atoms with Crippen molar-refractivity contribution in [1.82, 2.24) is 34.6 Å². The zero-order chi connectivity index (χ0) is 35.5. The van der Waals surface area contributed by atoms with E-state index in [9.17, 15) is 9.90 Å². The standard InChI is InChI=1S/C38H39ClN8O3S/c1-38(2,3)33-21-35(47(44-33)28-9-6-7-25(19-28)23-45-15-17-50-18-16-45)41-37(49)40-22-26-8-4-5-10-32(26)51-29-12-14-34-42-43-36(46(34)24-29)30-20-27(39)11-13-31(30)48/h4-14,19-21,24,48H,15-18,22-23H2,1-3H3,(H2,40,41,49). The summed E-state index contributed by atoms with van der Waals surface area (Å²) in [6, 6.07) is 26.5. The minimum absolute atomic E-state index is 0.0661. The Morgan fingerprint density at radius 3 is 2.63 bits per heavy atom. The van der Waals surface area contributed by atoms with Gasteiger partial charge in [0.2, 0.25) is 0 Å². The fourth-order valence-electron chi connectivity index (χ4n) is 5.85. The molecule has 11 nitrogen and oxygen atoms in total. The number of urea groups is 1. The van der Waals surface area contributed by atoms with Crippen molar-refractivity contribution in [3.8, 4) is 22.8 Å². The third-order valence-electron chi connectivity index (χ3n) is 8.60. The largest absolute Gasteiger partial charge is 0.507 e. The Morgan fingerprint density at radius 2 is 1.80 bits per heavy atom. The maximum Gasteiger partial charge on any atom is 0.320 e. The number of amides is 2. The topological polar surface area (TPSA) is 122 Å². The molecule has 0 radical (unpaired) electrons. The highest BCUT2D eigenvalue weighted by Crippen LogP contribution is 2.34. The summed E-state index contributed by atoms with van der Waals surface area (Å²) in [5.74, 6) is 1.14. The number of hydrogen-bond acceptors (Lipinski definition) is 8. The molecule has 3 N–H and O–H groups in total. The van der Waals surface area contributed by atoms with Crippen molar-refractivity contribution in [3.63, 3.8) is 0 Å². The Labute approximate surface area is 305 Å². The second kappa shape index (κ2) is 14.8. The molecule has 2 amide bonds. The number of ether oxygens (including phenoxy) is 1. The summed E-state index contributed by atoms with van der Waals surface area (Å²) in [5.41, 5.74) is 4.79. The van der Waals surface area contributed by atoms with Gasteiger partial charge < -0.3 is 15.2 Å². The average Bonchev–Trinajstić information content (AvgIpc) is 3.74. The fourth-order valence-corrected chi connectivity index (χ4v) is 6.99. The molecule has 3 aromatic heterocycles. The lowest BCUT2D eigenvalue weighted by Crippen LogP contribution is -2.35.